The number of fused-ring (bicyclic) bond motifs is 1. The molecule has 0 aliphatic rings. The number of nitrogens with zero attached hydrogens (tertiary/aromatic N) is 3. The second-order valence-corrected chi connectivity index (χ2v) is 9.95. The number of pyridine rings is 1. The third-order valence-corrected chi connectivity index (χ3v) is 6.06. The Balaban J connectivity index is 0.000000427. The third-order valence-electron chi connectivity index (χ3n) is 5.59. The Kier molecular flexibility index (Phi) is 9.51. The summed E-state index contributed by atoms with van der Waals surface area (Å²) >= 11 is 11.1. The number of aryl methyl sites for hydroxylation is 1. The Morgan fingerprint density at radius 3 is 2.34 bits per heavy atom. The van der Waals surface area contributed by atoms with Crippen LogP contribution in [-0.2, 0) is 11.8 Å². The summed E-state index contributed by atoms with van der Waals surface area (Å²) in [4.78, 5) is 23.2. The van der Waals surface area contributed by atoms with Crippen LogP contribution in [0.1, 0.15) is 20.8 Å². The number of halogens is 4. The molecule has 7 nitrogen and oxygen atoms in total. The number of hydrogen-bond donors (Lipinski definition) is 1. The number of carbonyl (C=O) groups is 1. The lowest BCUT2D eigenvalue weighted by atomic mass is 10.1. The zero-order chi connectivity index (χ0) is 28.0. The highest BCUT2D eigenvalue weighted by Crippen LogP contribution is 2.23. The van der Waals surface area contributed by atoms with E-state index in [2.05, 4.69) is 10.4 Å². The zero-order valence-electron chi connectivity index (χ0n) is 21.3. The molecule has 0 radical (unpaired) electrons. The van der Waals surface area contributed by atoms with Gasteiger partial charge in [0.1, 0.15) is 12.4 Å². The summed E-state index contributed by atoms with van der Waals surface area (Å²) in [7, 11) is 1.67. The normalized spacial score (nSPS) is 12.1. The van der Waals surface area contributed by atoms with Crippen molar-refractivity contribution in [3.63, 3.8) is 0 Å². The maximum Gasteiger partial charge on any atom is 0.321 e. The molecule has 2 heterocycles. The number of aromatic nitrogens is 3. The quantitative estimate of drug-likeness (QED) is 0.303. The first-order valence-corrected chi connectivity index (χ1v) is 12.5. The third kappa shape index (κ3) is 7.79. The van der Waals surface area contributed by atoms with Crippen LogP contribution in [0.15, 0.2) is 71.8 Å². The molecule has 0 saturated carbocycles. The van der Waals surface area contributed by atoms with E-state index in [1.807, 2.05) is 26.0 Å². The van der Waals surface area contributed by atoms with E-state index in [4.69, 9.17) is 27.9 Å². The maximum atomic E-state index is 13.2. The number of nitrogens with one attached hydrogen (secondary N) is 1. The number of alkyl halides is 2. The maximum absolute atomic E-state index is 13.2. The molecule has 1 amide bonds. The minimum absolute atomic E-state index is 0.0555. The molecule has 11 heteroatoms. The lowest BCUT2D eigenvalue weighted by Crippen LogP contribution is -2.48. The second-order valence-electron chi connectivity index (χ2n) is 9.08. The molecule has 1 unspecified atom stereocenters. The molecule has 1 atom stereocenters. The Bertz CT molecular complexity index is 1450. The Morgan fingerprint density at radius 1 is 1.11 bits per heavy atom. The average Bonchev–Trinajstić information content (AvgIpc) is 3.26. The van der Waals surface area contributed by atoms with Crippen molar-refractivity contribution < 1.29 is 18.3 Å². The largest absolute Gasteiger partial charge is 0.491 e. The minimum atomic E-state index is -3.44. The number of amides is 1. The van der Waals surface area contributed by atoms with Crippen molar-refractivity contribution in [2.75, 3.05) is 6.61 Å². The molecule has 0 saturated heterocycles. The van der Waals surface area contributed by atoms with Crippen LogP contribution in [0.25, 0.3) is 16.6 Å². The highest BCUT2D eigenvalue weighted by Gasteiger charge is 2.34. The van der Waals surface area contributed by atoms with E-state index in [9.17, 15) is 18.4 Å². The lowest BCUT2D eigenvalue weighted by Gasteiger charge is -2.24. The van der Waals surface area contributed by atoms with Crippen molar-refractivity contribution in [2.24, 2.45) is 13.0 Å². The fourth-order valence-corrected chi connectivity index (χ4v) is 3.79. The molecule has 1 N–H and O–H groups in total. The highest BCUT2D eigenvalue weighted by atomic mass is 35.5. The van der Waals surface area contributed by atoms with Crippen LogP contribution in [0.2, 0.25) is 10.0 Å². The second kappa shape index (κ2) is 12.4. The summed E-state index contributed by atoms with van der Waals surface area (Å²) in [5.74, 6) is -4.32. The van der Waals surface area contributed by atoms with Crippen molar-refractivity contribution in [2.45, 2.75) is 32.7 Å². The van der Waals surface area contributed by atoms with Crippen LogP contribution in [-0.4, -0.2) is 38.8 Å². The first-order valence-electron chi connectivity index (χ1n) is 11.7. The molecule has 0 aliphatic carbocycles. The molecule has 2 aromatic carbocycles. The van der Waals surface area contributed by atoms with Crippen LogP contribution in [0.4, 0.5) is 8.78 Å². The highest BCUT2D eigenvalue weighted by molar-refractivity contribution is 6.34. The molecular weight excluding hydrogens is 537 g/mol. The smallest absolute Gasteiger partial charge is 0.321 e. The summed E-state index contributed by atoms with van der Waals surface area (Å²) in [6.45, 7) is 4.27. The fraction of sp³-hybridized carbons (Fsp3) is 0.296. The fourth-order valence-electron chi connectivity index (χ4n) is 3.35. The van der Waals surface area contributed by atoms with Gasteiger partial charge in [-0.2, -0.15) is 13.9 Å². The van der Waals surface area contributed by atoms with Gasteiger partial charge in [0.2, 0.25) is 5.56 Å². The summed E-state index contributed by atoms with van der Waals surface area (Å²) in [6, 6.07) is 15.0. The molecule has 38 heavy (non-hydrogen) atoms. The molecule has 202 valence electrons. The molecule has 4 rings (SSSR count). The van der Waals surface area contributed by atoms with Gasteiger partial charge in [0, 0.05) is 41.7 Å². The molecule has 0 bridgehead atoms. The van der Waals surface area contributed by atoms with Crippen molar-refractivity contribution in [1.82, 2.24) is 19.7 Å². The van der Waals surface area contributed by atoms with Crippen molar-refractivity contribution in [3.8, 4) is 11.4 Å². The van der Waals surface area contributed by atoms with Crippen molar-refractivity contribution in [1.29, 1.82) is 0 Å². The molecule has 0 spiro atoms. The monoisotopic (exact) mass is 564 g/mol. The molecule has 2 aromatic heterocycles. The van der Waals surface area contributed by atoms with Gasteiger partial charge < -0.3 is 14.6 Å². The number of hydrogen-bond acceptors (Lipinski definition) is 4. The van der Waals surface area contributed by atoms with E-state index in [0.717, 1.165) is 16.6 Å². The number of benzene rings is 2. The van der Waals surface area contributed by atoms with Gasteiger partial charge in [-0.05, 0) is 48.4 Å². The topological polar surface area (TPSA) is 78.2 Å². The van der Waals surface area contributed by atoms with E-state index in [1.54, 1.807) is 60.5 Å². The van der Waals surface area contributed by atoms with E-state index < -0.39 is 17.9 Å². The van der Waals surface area contributed by atoms with Crippen LogP contribution >= 0.6 is 23.2 Å². The van der Waals surface area contributed by atoms with Crippen LogP contribution in [0.5, 0.6) is 5.75 Å². The Hall–Kier alpha value is -3.43. The number of rotatable bonds is 7. The first-order chi connectivity index (χ1) is 17.8. The SMILES string of the molecule is CC(C)C(COc1ccc2c(cnn2-c2ccc(=O)n(C)c2)c1)NC(=O)C(C)(F)F.Clc1cccc(Cl)c1. The summed E-state index contributed by atoms with van der Waals surface area (Å²) < 4.78 is 35.3. The van der Waals surface area contributed by atoms with Gasteiger partial charge in [-0.1, -0.05) is 43.1 Å². The van der Waals surface area contributed by atoms with Gasteiger partial charge in [-0.3, -0.25) is 9.59 Å². The summed E-state index contributed by atoms with van der Waals surface area (Å²) in [5.41, 5.74) is 1.45. The van der Waals surface area contributed by atoms with Gasteiger partial charge >= 0.3 is 5.92 Å². The Morgan fingerprint density at radius 2 is 1.79 bits per heavy atom. The van der Waals surface area contributed by atoms with Crippen LogP contribution in [0, 0.1) is 5.92 Å². The molecule has 0 fully saturated rings. The van der Waals surface area contributed by atoms with Gasteiger partial charge in [0.05, 0.1) is 23.4 Å². The van der Waals surface area contributed by atoms with E-state index in [1.165, 1.54) is 10.6 Å². The number of carbonyl (C=O) groups excluding carboxylic acids is 1. The zero-order valence-corrected chi connectivity index (χ0v) is 22.8. The van der Waals surface area contributed by atoms with E-state index >= 15 is 0 Å². The van der Waals surface area contributed by atoms with Crippen LogP contribution in [0.3, 0.4) is 0 Å². The van der Waals surface area contributed by atoms with Crippen LogP contribution < -0.4 is 15.6 Å². The van der Waals surface area contributed by atoms with Gasteiger partial charge in [-0.25, -0.2) is 4.68 Å². The van der Waals surface area contributed by atoms with E-state index in [-0.39, 0.29) is 18.1 Å². The predicted molar refractivity (Wildman–Crippen MR) is 146 cm³/mol. The lowest BCUT2D eigenvalue weighted by molar-refractivity contribution is -0.144. The van der Waals surface area contributed by atoms with Crippen molar-refractivity contribution in [3.05, 3.63) is 87.4 Å². The van der Waals surface area contributed by atoms with Crippen molar-refractivity contribution >= 4 is 40.0 Å². The molecular formula is C27H28Cl2F2N4O3. The average molecular weight is 565 g/mol. The van der Waals surface area contributed by atoms with Gasteiger partial charge in [0.25, 0.3) is 5.91 Å². The molecule has 4 aromatic rings. The molecule has 0 aliphatic heterocycles. The minimum Gasteiger partial charge on any atom is -0.491 e. The number of ether oxygens (including phenoxy) is 1. The first kappa shape index (κ1) is 29.1. The van der Waals surface area contributed by atoms with E-state index in [0.29, 0.717) is 22.7 Å². The Labute approximate surface area is 228 Å². The van der Waals surface area contributed by atoms with Gasteiger partial charge in [-0.15, -0.1) is 0 Å². The van der Waals surface area contributed by atoms with Gasteiger partial charge in [0.15, 0.2) is 0 Å². The summed E-state index contributed by atoms with van der Waals surface area (Å²) in [5, 5.41) is 8.88. The summed E-state index contributed by atoms with van der Waals surface area (Å²) in [6.07, 6.45) is 3.37. The standard InChI is InChI=1S/C21H24F2N4O3.C6H4Cl2/c1-13(2)17(25-20(29)21(3,22)23)12-30-16-6-7-18-14(9-16)10-24-27(18)15-5-8-19(28)26(4)11-15;7-5-2-1-3-6(8)4-5/h5-11,13,17H,12H2,1-4H3,(H,25,29);1-4H. The predicted octanol–water partition coefficient (Wildman–Crippen LogP) is 5.89.